The molecular weight excluding hydrogens is 154 g/mol. The van der Waals surface area contributed by atoms with Crippen molar-refractivity contribution in [2.45, 2.75) is 33.7 Å². The third-order valence-electron chi connectivity index (χ3n) is 2.09. The van der Waals surface area contributed by atoms with Gasteiger partial charge in [-0.25, -0.2) is 0 Å². The second kappa shape index (κ2) is 5.14. The van der Waals surface area contributed by atoms with Crippen molar-refractivity contribution in [2.24, 2.45) is 5.92 Å². The van der Waals surface area contributed by atoms with Gasteiger partial charge in [-0.15, -0.1) is 0 Å². The summed E-state index contributed by atoms with van der Waals surface area (Å²) in [5, 5.41) is 8.93. The van der Waals surface area contributed by atoms with Gasteiger partial charge in [0.1, 0.15) is 6.04 Å². The minimum atomic E-state index is -0.714. The van der Waals surface area contributed by atoms with Crippen molar-refractivity contribution in [3.8, 4) is 0 Å². The molecule has 0 rings (SSSR count). The van der Waals surface area contributed by atoms with Crippen molar-refractivity contribution < 1.29 is 9.90 Å². The van der Waals surface area contributed by atoms with E-state index in [0.717, 1.165) is 13.1 Å². The second-order valence-corrected chi connectivity index (χ2v) is 3.25. The van der Waals surface area contributed by atoms with Crippen LogP contribution in [0.1, 0.15) is 27.7 Å². The van der Waals surface area contributed by atoms with Gasteiger partial charge >= 0.3 is 5.97 Å². The molecular formula is C9H19NO2. The molecule has 0 heterocycles. The van der Waals surface area contributed by atoms with E-state index in [1.54, 1.807) is 0 Å². The highest BCUT2D eigenvalue weighted by molar-refractivity contribution is 5.73. The van der Waals surface area contributed by atoms with E-state index < -0.39 is 5.97 Å². The lowest BCUT2D eigenvalue weighted by Gasteiger charge is -2.28. The Morgan fingerprint density at radius 2 is 1.75 bits per heavy atom. The highest BCUT2D eigenvalue weighted by Gasteiger charge is 2.26. The maximum Gasteiger partial charge on any atom is 0.321 e. The summed E-state index contributed by atoms with van der Waals surface area (Å²) >= 11 is 0. The number of carboxylic acids is 1. The fourth-order valence-electron chi connectivity index (χ4n) is 1.48. The SMILES string of the molecule is CCN(CC)[C@@H](C(=O)O)C(C)C. The van der Waals surface area contributed by atoms with E-state index in [-0.39, 0.29) is 12.0 Å². The topological polar surface area (TPSA) is 40.5 Å². The van der Waals surface area contributed by atoms with Crippen LogP contribution in [0.4, 0.5) is 0 Å². The summed E-state index contributed by atoms with van der Waals surface area (Å²) in [6.45, 7) is 9.45. The number of hydrogen-bond donors (Lipinski definition) is 1. The molecule has 0 spiro atoms. The Morgan fingerprint density at radius 1 is 1.33 bits per heavy atom. The summed E-state index contributed by atoms with van der Waals surface area (Å²) in [5.41, 5.74) is 0. The van der Waals surface area contributed by atoms with Crippen molar-refractivity contribution in [3.63, 3.8) is 0 Å². The Hall–Kier alpha value is -0.570. The molecule has 0 aromatic carbocycles. The summed E-state index contributed by atoms with van der Waals surface area (Å²) in [6, 6.07) is -0.333. The quantitative estimate of drug-likeness (QED) is 0.684. The zero-order chi connectivity index (χ0) is 9.72. The molecule has 12 heavy (non-hydrogen) atoms. The Kier molecular flexibility index (Phi) is 4.90. The van der Waals surface area contributed by atoms with Gasteiger partial charge < -0.3 is 5.11 Å². The smallest absolute Gasteiger partial charge is 0.321 e. The number of nitrogens with zero attached hydrogens (tertiary/aromatic N) is 1. The monoisotopic (exact) mass is 173 g/mol. The summed E-state index contributed by atoms with van der Waals surface area (Å²) in [4.78, 5) is 12.8. The Balaban J connectivity index is 4.36. The van der Waals surface area contributed by atoms with Gasteiger partial charge in [0.15, 0.2) is 0 Å². The van der Waals surface area contributed by atoms with E-state index in [9.17, 15) is 4.79 Å². The molecule has 0 aliphatic heterocycles. The second-order valence-electron chi connectivity index (χ2n) is 3.25. The standard InChI is InChI=1S/C9H19NO2/c1-5-10(6-2)8(7(3)4)9(11)12/h7-8H,5-6H2,1-4H3,(H,11,12)/t8-/m1/s1. The molecule has 0 aliphatic carbocycles. The van der Waals surface area contributed by atoms with Crippen LogP contribution < -0.4 is 0 Å². The molecule has 0 aromatic heterocycles. The maximum absolute atomic E-state index is 10.9. The first-order valence-corrected chi connectivity index (χ1v) is 4.51. The zero-order valence-corrected chi connectivity index (χ0v) is 8.37. The maximum atomic E-state index is 10.9. The van der Waals surface area contributed by atoms with Gasteiger partial charge in [-0.1, -0.05) is 27.7 Å². The molecule has 0 amide bonds. The number of aliphatic carboxylic acids is 1. The van der Waals surface area contributed by atoms with Crippen molar-refractivity contribution in [1.82, 2.24) is 4.90 Å². The van der Waals surface area contributed by atoms with Crippen LogP contribution in [-0.2, 0) is 4.79 Å². The molecule has 3 heteroatoms. The van der Waals surface area contributed by atoms with Crippen LogP contribution in [0.2, 0.25) is 0 Å². The zero-order valence-electron chi connectivity index (χ0n) is 8.37. The van der Waals surface area contributed by atoms with E-state index in [2.05, 4.69) is 0 Å². The van der Waals surface area contributed by atoms with E-state index in [1.807, 2.05) is 32.6 Å². The van der Waals surface area contributed by atoms with Gasteiger partial charge in [-0.3, -0.25) is 9.69 Å². The fourth-order valence-corrected chi connectivity index (χ4v) is 1.48. The van der Waals surface area contributed by atoms with E-state index in [0.29, 0.717) is 0 Å². The first-order valence-electron chi connectivity index (χ1n) is 4.51. The van der Waals surface area contributed by atoms with Crippen LogP contribution in [0.5, 0.6) is 0 Å². The fraction of sp³-hybridized carbons (Fsp3) is 0.889. The lowest BCUT2D eigenvalue weighted by molar-refractivity contribution is -0.144. The van der Waals surface area contributed by atoms with E-state index in [1.165, 1.54) is 0 Å². The predicted octanol–water partition coefficient (Wildman–Crippen LogP) is 1.44. The molecule has 0 saturated heterocycles. The lowest BCUT2D eigenvalue weighted by Crippen LogP contribution is -2.44. The van der Waals surface area contributed by atoms with Gasteiger partial charge in [-0.05, 0) is 19.0 Å². The Morgan fingerprint density at radius 3 is 1.83 bits per heavy atom. The molecule has 1 atom stereocenters. The van der Waals surface area contributed by atoms with Crippen LogP contribution in [0.3, 0.4) is 0 Å². The van der Waals surface area contributed by atoms with Gasteiger partial charge in [0.2, 0.25) is 0 Å². The number of carbonyl (C=O) groups is 1. The summed E-state index contributed by atoms with van der Waals surface area (Å²) in [7, 11) is 0. The minimum absolute atomic E-state index is 0.169. The average molecular weight is 173 g/mol. The Labute approximate surface area is 74.4 Å². The van der Waals surface area contributed by atoms with Crippen molar-refractivity contribution in [3.05, 3.63) is 0 Å². The number of likely N-dealkylation sites (N-methyl/N-ethyl adjacent to an activating group) is 1. The highest BCUT2D eigenvalue weighted by Crippen LogP contribution is 2.10. The molecule has 0 unspecified atom stereocenters. The first-order chi connectivity index (χ1) is 5.54. The van der Waals surface area contributed by atoms with E-state index in [4.69, 9.17) is 5.11 Å². The third-order valence-corrected chi connectivity index (χ3v) is 2.09. The molecule has 0 aliphatic rings. The summed E-state index contributed by atoms with van der Waals surface area (Å²) in [6.07, 6.45) is 0. The number of rotatable bonds is 5. The first kappa shape index (κ1) is 11.4. The van der Waals surface area contributed by atoms with Crippen LogP contribution in [0.15, 0.2) is 0 Å². The molecule has 0 radical (unpaired) electrons. The van der Waals surface area contributed by atoms with Crippen molar-refractivity contribution in [2.75, 3.05) is 13.1 Å². The number of carboxylic acid groups (broad SMARTS) is 1. The summed E-state index contributed by atoms with van der Waals surface area (Å²) < 4.78 is 0. The molecule has 3 nitrogen and oxygen atoms in total. The normalized spacial score (nSPS) is 13.8. The van der Waals surface area contributed by atoms with Gasteiger partial charge in [-0.2, -0.15) is 0 Å². The molecule has 0 saturated carbocycles. The molecule has 0 fully saturated rings. The summed E-state index contributed by atoms with van der Waals surface area (Å²) in [5.74, 6) is -0.545. The highest BCUT2D eigenvalue weighted by atomic mass is 16.4. The molecule has 0 aromatic rings. The minimum Gasteiger partial charge on any atom is -0.480 e. The van der Waals surface area contributed by atoms with Crippen LogP contribution in [0, 0.1) is 5.92 Å². The van der Waals surface area contributed by atoms with Crippen LogP contribution in [-0.4, -0.2) is 35.1 Å². The van der Waals surface area contributed by atoms with Gasteiger partial charge in [0.25, 0.3) is 0 Å². The average Bonchev–Trinajstić information content (AvgIpc) is 1.98. The van der Waals surface area contributed by atoms with Crippen molar-refractivity contribution in [1.29, 1.82) is 0 Å². The van der Waals surface area contributed by atoms with Crippen molar-refractivity contribution >= 4 is 5.97 Å². The van der Waals surface area contributed by atoms with Crippen LogP contribution >= 0.6 is 0 Å². The van der Waals surface area contributed by atoms with Crippen LogP contribution in [0.25, 0.3) is 0 Å². The predicted molar refractivity (Wildman–Crippen MR) is 49.2 cm³/mol. The lowest BCUT2D eigenvalue weighted by atomic mass is 10.0. The number of hydrogen-bond acceptors (Lipinski definition) is 2. The third kappa shape index (κ3) is 2.81. The molecule has 0 bridgehead atoms. The van der Waals surface area contributed by atoms with Gasteiger partial charge in [0.05, 0.1) is 0 Å². The largest absolute Gasteiger partial charge is 0.480 e. The Bertz CT molecular complexity index is 141. The van der Waals surface area contributed by atoms with Gasteiger partial charge in [0, 0.05) is 0 Å². The molecule has 72 valence electrons. The molecule has 1 N–H and O–H groups in total. The van der Waals surface area contributed by atoms with E-state index >= 15 is 0 Å².